The van der Waals surface area contributed by atoms with Crippen LogP contribution >= 0.6 is 0 Å². The van der Waals surface area contributed by atoms with Gasteiger partial charge in [0.1, 0.15) is 0 Å². The van der Waals surface area contributed by atoms with E-state index in [0.717, 1.165) is 56.4 Å². The van der Waals surface area contributed by atoms with Gasteiger partial charge in [0, 0.05) is 30.5 Å². The third-order valence-corrected chi connectivity index (χ3v) is 3.70. The van der Waals surface area contributed by atoms with Crippen LogP contribution in [0, 0.1) is 6.92 Å². The van der Waals surface area contributed by atoms with Crippen molar-refractivity contribution < 1.29 is 5.11 Å². The monoisotopic (exact) mass is 280 g/mol. The van der Waals surface area contributed by atoms with Crippen LogP contribution < -0.4 is 4.90 Å². The predicted octanol–water partition coefficient (Wildman–Crippen LogP) is 1.84. The number of hydrogen-bond donors (Lipinski definition) is 1. The fourth-order valence-electron chi connectivity index (χ4n) is 2.21. The highest BCUT2D eigenvalue weighted by molar-refractivity contribution is 5.32. The van der Waals surface area contributed by atoms with Crippen LogP contribution in [0.15, 0.2) is 6.20 Å². The molecule has 0 fully saturated rings. The highest BCUT2D eigenvalue weighted by Gasteiger charge is 2.10. The summed E-state index contributed by atoms with van der Waals surface area (Å²) in [5.74, 6) is 0.766. The molecule has 0 bridgehead atoms. The number of aromatic nitrogens is 2. The summed E-state index contributed by atoms with van der Waals surface area (Å²) in [7, 11) is 0. The molecule has 0 aliphatic carbocycles. The zero-order chi connectivity index (χ0) is 15.0. The van der Waals surface area contributed by atoms with Crippen molar-refractivity contribution in [1.82, 2.24) is 14.9 Å². The first-order chi connectivity index (χ1) is 9.65. The second-order valence-electron chi connectivity index (χ2n) is 4.90. The summed E-state index contributed by atoms with van der Waals surface area (Å²) in [5.41, 5.74) is 1.66. The van der Waals surface area contributed by atoms with Crippen molar-refractivity contribution in [2.24, 2.45) is 0 Å². The zero-order valence-electron chi connectivity index (χ0n) is 13.3. The van der Waals surface area contributed by atoms with Gasteiger partial charge in [0.15, 0.2) is 0 Å². The Labute approximate surface area is 122 Å². The Morgan fingerprint density at radius 2 is 1.80 bits per heavy atom. The number of aliphatic hydroxyl groups is 1. The van der Waals surface area contributed by atoms with Crippen LogP contribution in [0.5, 0.6) is 0 Å². The molecular formula is C15H28N4O. The van der Waals surface area contributed by atoms with Gasteiger partial charge in [-0.25, -0.2) is 9.97 Å². The van der Waals surface area contributed by atoms with E-state index in [0.29, 0.717) is 0 Å². The topological polar surface area (TPSA) is 52.5 Å². The molecule has 0 unspecified atom stereocenters. The first-order valence-electron chi connectivity index (χ1n) is 7.56. The fraction of sp³-hybridized carbons (Fsp3) is 0.733. The maximum atomic E-state index is 9.16. The van der Waals surface area contributed by atoms with E-state index in [1.165, 1.54) is 0 Å². The van der Waals surface area contributed by atoms with Crippen molar-refractivity contribution >= 4 is 5.95 Å². The summed E-state index contributed by atoms with van der Waals surface area (Å²) in [6, 6.07) is 0. The summed E-state index contributed by atoms with van der Waals surface area (Å²) >= 11 is 0. The molecule has 0 atom stereocenters. The highest BCUT2D eigenvalue weighted by Crippen LogP contribution is 2.11. The molecule has 0 aliphatic rings. The SMILES string of the molecule is CCN(CC)CCCN(CC)c1ncc(CO)c(C)n1. The van der Waals surface area contributed by atoms with Crippen LogP contribution in [0.25, 0.3) is 0 Å². The van der Waals surface area contributed by atoms with E-state index in [1.807, 2.05) is 6.92 Å². The number of aliphatic hydroxyl groups excluding tert-OH is 1. The van der Waals surface area contributed by atoms with E-state index in [4.69, 9.17) is 5.11 Å². The Morgan fingerprint density at radius 3 is 2.30 bits per heavy atom. The van der Waals surface area contributed by atoms with Gasteiger partial charge < -0.3 is 14.9 Å². The van der Waals surface area contributed by atoms with Crippen molar-refractivity contribution in [3.63, 3.8) is 0 Å². The van der Waals surface area contributed by atoms with Crippen molar-refractivity contribution in [3.8, 4) is 0 Å². The van der Waals surface area contributed by atoms with E-state index < -0.39 is 0 Å². The Hall–Kier alpha value is -1.20. The summed E-state index contributed by atoms with van der Waals surface area (Å²) in [6.45, 7) is 13.6. The van der Waals surface area contributed by atoms with Crippen LogP contribution in [0.1, 0.15) is 38.4 Å². The van der Waals surface area contributed by atoms with Crippen molar-refractivity contribution in [3.05, 3.63) is 17.5 Å². The van der Waals surface area contributed by atoms with Crippen LogP contribution in [0.4, 0.5) is 5.95 Å². The number of nitrogens with zero attached hydrogens (tertiary/aromatic N) is 4. The lowest BCUT2D eigenvalue weighted by molar-refractivity contribution is 0.280. The normalized spacial score (nSPS) is 11.1. The van der Waals surface area contributed by atoms with E-state index in [9.17, 15) is 0 Å². The fourth-order valence-corrected chi connectivity index (χ4v) is 2.21. The van der Waals surface area contributed by atoms with Gasteiger partial charge in [0.25, 0.3) is 0 Å². The van der Waals surface area contributed by atoms with Crippen LogP contribution in [-0.4, -0.2) is 52.7 Å². The molecule has 0 spiro atoms. The molecule has 1 N–H and O–H groups in total. The van der Waals surface area contributed by atoms with Gasteiger partial charge in [0.05, 0.1) is 6.61 Å². The van der Waals surface area contributed by atoms with Crippen molar-refractivity contribution in [2.45, 2.75) is 40.7 Å². The Kier molecular flexibility index (Phi) is 7.47. The summed E-state index contributed by atoms with van der Waals surface area (Å²) in [6.07, 6.45) is 2.84. The second kappa shape index (κ2) is 8.87. The van der Waals surface area contributed by atoms with E-state index >= 15 is 0 Å². The van der Waals surface area contributed by atoms with E-state index in [1.54, 1.807) is 6.20 Å². The molecular weight excluding hydrogens is 252 g/mol. The summed E-state index contributed by atoms with van der Waals surface area (Å²) in [5, 5.41) is 9.16. The van der Waals surface area contributed by atoms with Crippen LogP contribution in [0.2, 0.25) is 0 Å². The predicted molar refractivity (Wildman–Crippen MR) is 83.0 cm³/mol. The molecule has 1 aromatic heterocycles. The molecule has 5 nitrogen and oxygen atoms in total. The van der Waals surface area contributed by atoms with Gasteiger partial charge in [-0.3, -0.25) is 0 Å². The third-order valence-electron chi connectivity index (χ3n) is 3.70. The third kappa shape index (κ3) is 4.72. The van der Waals surface area contributed by atoms with E-state index in [2.05, 4.69) is 40.5 Å². The number of aryl methyl sites for hydroxylation is 1. The molecule has 0 saturated heterocycles. The molecule has 1 heterocycles. The molecule has 1 aromatic rings. The lowest BCUT2D eigenvalue weighted by Crippen LogP contribution is -2.31. The molecule has 0 saturated carbocycles. The van der Waals surface area contributed by atoms with Gasteiger partial charge in [-0.15, -0.1) is 0 Å². The smallest absolute Gasteiger partial charge is 0.225 e. The van der Waals surface area contributed by atoms with Gasteiger partial charge in [-0.2, -0.15) is 0 Å². The van der Waals surface area contributed by atoms with Gasteiger partial charge in [-0.05, 0) is 39.9 Å². The van der Waals surface area contributed by atoms with Crippen LogP contribution in [0.3, 0.4) is 0 Å². The Balaban J connectivity index is 2.59. The van der Waals surface area contributed by atoms with Crippen molar-refractivity contribution in [2.75, 3.05) is 37.6 Å². The minimum Gasteiger partial charge on any atom is -0.392 e. The summed E-state index contributed by atoms with van der Waals surface area (Å²) in [4.78, 5) is 13.5. The Morgan fingerprint density at radius 1 is 1.10 bits per heavy atom. The second-order valence-corrected chi connectivity index (χ2v) is 4.90. The zero-order valence-corrected chi connectivity index (χ0v) is 13.3. The average molecular weight is 280 g/mol. The van der Waals surface area contributed by atoms with Crippen molar-refractivity contribution in [1.29, 1.82) is 0 Å². The number of rotatable bonds is 9. The van der Waals surface area contributed by atoms with Gasteiger partial charge in [-0.1, -0.05) is 13.8 Å². The molecule has 0 radical (unpaired) electrons. The molecule has 5 heteroatoms. The number of hydrogen-bond acceptors (Lipinski definition) is 5. The minimum absolute atomic E-state index is 0.000197. The lowest BCUT2D eigenvalue weighted by atomic mass is 10.2. The first kappa shape index (κ1) is 16.9. The Bertz CT molecular complexity index is 393. The molecule has 114 valence electrons. The molecule has 20 heavy (non-hydrogen) atoms. The quantitative estimate of drug-likeness (QED) is 0.748. The first-order valence-corrected chi connectivity index (χ1v) is 7.56. The largest absolute Gasteiger partial charge is 0.392 e. The maximum absolute atomic E-state index is 9.16. The minimum atomic E-state index is 0.000197. The molecule has 0 aliphatic heterocycles. The maximum Gasteiger partial charge on any atom is 0.225 e. The van der Waals surface area contributed by atoms with Crippen LogP contribution in [-0.2, 0) is 6.61 Å². The van der Waals surface area contributed by atoms with Gasteiger partial charge in [0.2, 0.25) is 5.95 Å². The molecule has 1 rings (SSSR count). The summed E-state index contributed by atoms with van der Waals surface area (Å²) < 4.78 is 0. The lowest BCUT2D eigenvalue weighted by Gasteiger charge is -2.24. The number of anilines is 1. The molecule has 0 aromatic carbocycles. The van der Waals surface area contributed by atoms with Gasteiger partial charge >= 0.3 is 0 Å². The van der Waals surface area contributed by atoms with E-state index in [-0.39, 0.29) is 6.61 Å². The standard InChI is InChI=1S/C15H28N4O/c1-5-18(6-2)9-8-10-19(7-3)15-16-11-14(12-20)13(4)17-15/h11,20H,5-10,12H2,1-4H3. The average Bonchev–Trinajstić information content (AvgIpc) is 2.47. The highest BCUT2D eigenvalue weighted by atomic mass is 16.3. The molecule has 0 amide bonds.